The summed E-state index contributed by atoms with van der Waals surface area (Å²) in [5, 5.41) is 0. The molecule has 2 fully saturated rings. The molecule has 0 amide bonds. The number of unbranched alkanes of at least 4 members (excludes halogenated alkanes) is 3. The van der Waals surface area contributed by atoms with Gasteiger partial charge in [-0.15, -0.1) is 0 Å². The maximum Gasteiger partial charge on any atom is 0.0322 e. The summed E-state index contributed by atoms with van der Waals surface area (Å²) in [6, 6.07) is 8.44. The van der Waals surface area contributed by atoms with Crippen LogP contribution in [0.2, 0.25) is 0 Å². The molecule has 1 heterocycles. The first-order valence-electron chi connectivity index (χ1n) is 9.20. The molecule has 1 N–H and O–H groups in total. The van der Waals surface area contributed by atoms with Crippen LogP contribution in [0.5, 0.6) is 0 Å². The van der Waals surface area contributed by atoms with Crippen LogP contribution in [0.15, 0.2) is 24.3 Å². The Morgan fingerprint density at radius 3 is 2.71 bits per heavy atom. The Balaban J connectivity index is 1.54. The molecule has 0 radical (unpaired) electrons. The smallest absolute Gasteiger partial charge is 0.0322 e. The van der Waals surface area contributed by atoms with Gasteiger partial charge in [-0.2, -0.15) is 0 Å². The van der Waals surface area contributed by atoms with Crippen LogP contribution in [0.25, 0.3) is 0 Å². The van der Waals surface area contributed by atoms with E-state index in [1.807, 2.05) is 6.07 Å². The Morgan fingerprint density at radius 1 is 1.29 bits per heavy atom. The molecule has 3 rings (SSSR count). The molecule has 0 bridgehead atoms. The summed E-state index contributed by atoms with van der Waals surface area (Å²) in [5.74, 6) is 1.53. The van der Waals surface area contributed by atoms with Gasteiger partial charge in [-0.1, -0.05) is 57.4 Å². The lowest BCUT2D eigenvalue weighted by molar-refractivity contribution is 0.271. The van der Waals surface area contributed by atoms with E-state index in [-0.39, 0.29) is 5.41 Å². The summed E-state index contributed by atoms with van der Waals surface area (Å²) in [4.78, 5) is 2.64. The van der Waals surface area contributed by atoms with Crippen LogP contribution in [0, 0.1) is 11.8 Å². The predicted molar refractivity (Wildman–Crippen MR) is 97.1 cm³/mol. The number of fused-ring (bicyclic) bond motifs is 1. The van der Waals surface area contributed by atoms with Crippen LogP contribution in [0.3, 0.4) is 0 Å². The van der Waals surface area contributed by atoms with E-state index in [9.17, 15) is 8.76 Å². The molecule has 1 aliphatic carbocycles. The fourth-order valence-corrected chi connectivity index (χ4v) is 4.78. The van der Waals surface area contributed by atoms with Crippen molar-refractivity contribution in [1.82, 2.24) is 9.62 Å². The highest BCUT2D eigenvalue weighted by Gasteiger charge is 2.65. The Morgan fingerprint density at radius 2 is 2.04 bits per heavy atom. The largest absolute Gasteiger partial charge is 0.760 e. The molecular weight excluding hydrogens is 320 g/mol. The van der Waals surface area contributed by atoms with Crippen molar-refractivity contribution in [3.05, 3.63) is 35.4 Å². The molecule has 134 valence electrons. The van der Waals surface area contributed by atoms with E-state index in [1.165, 1.54) is 50.9 Å². The second kappa shape index (κ2) is 7.65. The van der Waals surface area contributed by atoms with E-state index in [1.54, 1.807) is 0 Å². The molecule has 3 unspecified atom stereocenters. The average Bonchev–Trinajstić information content (AvgIpc) is 2.94. The maximum atomic E-state index is 10.7. The van der Waals surface area contributed by atoms with Gasteiger partial charge in [0.25, 0.3) is 0 Å². The van der Waals surface area contributed by atoms with E-state index in [0.717, 1.165) is 17.4 Å². The van der Waals surface area contributed by atoms with Crippen LogP contribution in [0.4, 0.5) is 0 Å². The molecule has 24 heavy (non-hydrogen) atoms. The van der Waals surface area contributed by atoms with Crippen molar-refractivity contribution >= 4 is 11.3 Å². The number of likely N-dealkylation sites (tertiary alicyclic amines) is 1. The van der Waals surface area contributed by atoms with Crippen molar-refractivity contribution in [2.75, 3.05) is 19.6 Å². The molecule has 1 aromatic carbocycles. The average molecular weight is 350 g/mol. The predicted octanol–water partition coefficient (Wildman–Crippen LogP) is 2.97. The van der Waals surface area contributed by atoms with Crippen molar-refractivity contribution in [2.45, 2.75) is 51.5 Å². The lowest BCUT2D eigenvalue weighted by Crippen LogP contribution is -2.30. The SMILES string of the molecule is CCCCCCN1CC2C(C1)C2(C)c1cccc(CNS(=O)[O-])c1. The van der Waals surface area contributed by atoms with Gasteiger partial charge < -0.3 is 9.45 Å². The van der Waals surface area contributed by atoms with Crippen LogP contribution < -0.4 is 4.72 Å². The van der Waals surface area contributed by atoms with Crippen molar-refractivity contribution < 1.29 is 8.76 Å². The van der Waals surface area contributed by atoms with Crippen molar-refractivity contribution in [2.24, 2.45) is 11.8 Å². The lowest BCUT2D eigenvalue weighted by Gasteiger charge is -2.24. The Bertz CT molecular complexity index is 580. The standard InChI is InChI=1S/C19H30N2O2S/c1-3-4-5-6-10-21-13-17-18(14-21)19(17,2)16-9-7-8-15(11-16)12-20-24(22)23/h7-9,11,17-18,20H,3-6,10,12-14H2,1-2H3,(H,22,23)/p-1. The Hall–Kier alpha value is -0.750. The minimum absolute atomic E-state index is 0.284. The van der Waals surface area contributed by atoms with E-state index < -0.39 is 11.3 Å². The van der Waals surface area contributed by atoms with Crippen molar-refractivity contribution in [1.29, 1.82) is 0 Å². The van der Waals surface area contributed by atoms with Gasteiger partial charge in [0.2, 0.25) is 0 Å². The van der Waals surface area contributed by atoms with Crippen LogP contribution in [0.1, 0.15) is 50.7 Å². The fourth-order valence-electron chi connectivity index (χ4n) is 4.49. The first-order valence-corrected chi connectivity index (χ1v) is 10.3. The highest BCUT2D eigenvalue weighted by Crippen LogP contribution is 2.63. The Labute approximate surface area is 148 Å². The molecule has 1 aliphatic heterocycles. The second-order valence-electron chi connectivity index (χ2n) is 7.57. The fraction of sp³-hybridized carbons (Fsp3) is 0.684. The third-order valence-electron chi connectivity index (χ3n) is 6.10. The molecule has 1 saturated heterocycles. The van der Waals surface area contributed by atoms with E-state index in [4.69, 9.17) is 0 Å². The summed E-state index contributed by atoms with van der Waals surface area (Å²) in [7, 11) is 0. The number of piperidine rings is 1. The molecule has 5 heteroatoms. The number of nitrogens with zero attached hydrogens (tertiary/aromatic N) is 1. The lowest BCUT2D eigenvalue weighted by atomic mass is 9.91. The number of benzene rings is 1. The molecule has 2 aliphatic rings. The van der Waals surface area contributed by atoms with Gasteiger partial charge >= 0.3 is 0 Å². The Kier molecular flexibility index (Phi) is 5.75. The van der Waals surface area contributed by atoms with Gasteiger partial charge in [-0.05, 0) is 35.9 Å². The minimum atomic E-state index is -2.20. The van der Waals surface area contributed by atoms with Gasteiger partial charge in [0.05, 0.1) is 0 Å². The summed E-state index contributed by atoms with van der Waals surface area (Å²) >= 11 is -2.20. The molecule has 0 spiro atoms. The second-order valence-corrected chi connectivity index (χ2v) is 8.33. The molecule has 4 nitrogen and oxygen atoms in total. The summed E-state index contributed by atoms with van der Waals surface area (Å²) in [6.07, 6.45) is 5.34. The third-order valence-corrected chi connectivity index (χ3v) is 6.48. The number of hydrogen-bond acceptors (Lipinski definition) is 3. The first-order chi connectivity index (χ1) is 11.6. The van der Waals surface area contributed by atoms with E-state index in [0.29, 0.717) is 6.54 Å². The first kappa shape index (κ1) is 18.1. The van der Waals surface area contributed by atoms with E-state index >= 15 is 0 Å². The summed E-state index contributed by atoms with van der Waals surface area (Å²) in [6.45, 7) is 8.71. The normalized spacial score (nSPS) is 30.3. The zero-order chi connectivity index (χ0) is 17.2. The van der Waals surface area contributed by atoms with Crippen molar-refractivity contribution in [3.63, 3.8) is 0 Å². The van der Waals surface area contributed by atoms with Gasteiger partial charge in [0.1, 0.15) is 0 Å². The quantitative estimate of drug-likeness (QED) is 0.551. The highest BCUT2D eigenvalue weighted by molar-refractivity contribution is 7.77. The summed E-state index contributed by atoms with van der Waals surface area (Å²) < 4.78 is 23.8. The third kappa shape index (κ3) is 3.74. The summed E-state index contributed by atoms with van der Waals surface area (Å²) in [5.41, 5.74) is 2.70. The van der Waals surface area contributed by atoms with Crippen molar-refractivity contribution in [3.8, 4) is 0 Å². The minimum Gasteiger partial charge on any atom is -0.760 e. The van der Waals surface area contributed by atoms with Gasteiger partial charge in [-0.25, -0.2) is 4.72 Å². The monoisotopic (exact) mass is 349 g/mol. The van der Waals surface area contributed by atoms with Gasteiger partial charge in [-0.3, -0.25) is 4.21 Å². The van der Waals surface area contributed by atoms with Gasteiger partial charge in [0, 0.05) is 36.3 Å². The molecule has 1 saturated carbocycles. The molecule has 0 aromatic heterocycles. The van der Waals surface area contributed by atoms with Gasteiger partial charge in [0.15, 0.2) is 0 Å². The number of rotatable bonds is 9. The number of hydrogen-bond donors (Lipinski definition) is 1. The molecular formula is C19H29N2O2S-. The number of nitrogens with one attached hydrogen (secondary N) is 1. The molecule has 1 aromatic rings. The zero-order valence-corrected chi connectivity index (χ0v) is 15.6. The molecule has 3 atom stereocenters. The maximum absolute atomic E-state index is 10.7. The van der Waals surface area contributed by atoms with Crippen LogP contribution in [-0.4, -0.2) is 33.3 Å². The van der Waals surface area contributed by atoms with Crippen LogP contribution in [-0.2, 0) is 23.2 Å². The topological polar surface area (TPSA) is 55.4 Å². The highest BCUT2D eigenvalue weighted by atomic mass is 32.2. The van der Waals surface area contributed by atoms with Crippen LogP contribution >= 0.6 is 0 Å². The van der Waals surface area contributed by atoms with E-state index in [2.05, 4.69) is 41.7 Å². The zero-order valence-electron chi connectivity index (χ0n) is 14.8.